The van der Waals surface area contributed by atoms with E-state index in [1.54, 1.807) is 11.3 Å². The van der Waals surface area contributed by atoms with Gasteiger partial charge in [-0.25, -0.2) is 0 Å². The van der Waals surface area contributed by atoms with Gasteiger partial charge in [0.2, 0.25) is 0 Å². The quantitative estimate of drug-likeness (QED) is 0.911. The van der Waals surface area contributed by atoms with Gasteiger partial charge in [0.1, 0.15) is 0 Å². The molecule has 2 aromatic rings. The summed E-state index contributed by atoms with van der Waals surface area (Å²) in [5, 5.41) is 0. The first-order valence-electron chi connectivity index (χ1n) is 6.27. The van der Waals surface area contributed by atoms with Gasteiger partial charge in [-0.05, 0) is 30.7 Å². The van der Waals surface area contributed by atoms with Gasteiger partial charge >= 0.3 is 0 Å². The minimum absolute atomic E-state index is 0.0236. The Morgan fingerprint density at radius 1 is 1.37 bits per heavy atom. The molecule has 0 saturated carbocycles. The second-order valence-corrected chi connectivity index (χ2v) is 6.32. The number of aromatic nitrogens is 1. The Kier molecular flexibility index (Phi) is 4.80. The lowest BCUT2D eigenvalue weighted by atomic mass is 10.1. The molecule has 1 atom stereocenters. The molecule has 5 heteroatoms. The van der Waals surface area contributed by atoms with E-state index >= 15 is 0 Å². The predicted octanol–water partition coefficient (Wildman–Crippen LogP) is 3.84. The molecule has 0 aliphatic rings. The number of thiophene rings is 1. The summed E-state index contributed by atoms with van der Waals surface area (Å²) < 4.78 is 0.825. The van der Waals surface area contributed by atoms with E-state index in [9.17, 15) is 0 Å². The van der Waals surface area contributed by atoms with Crippen LogP contribution in [0.25, 0.3) is 0 Å². The van der Waals surface area contributed by atoms with Gasteiger partial charge in [-0.1, -0.05) is 18.5 Å². The molecule has 2 heterocycles. The van der Waals surface area contributed by atoms with E-state index in [0.29, 0.717) is 0 Å². The van der Waals surface area contributed by atoms with Crippen molar-refractivity contribution in [2.24, 2.45) is 5.73 Å². The molecule has 0 amide bonds. The summed E-state index contributed by atoms with van der Waals surface area (Å²) >= 11 is 7.54. The second-order valence-electron chi connectivity index (χ2n) is 4.52. The van der Waals surface area contributed by atoms with Crippen LogP contribution in [0.5, 0.6) is 0 Å². The van der Waals surface area contributed by atoms with Crippen LogP contribution in [0.15, 0.2) is 30.5 Å². The highest BCUT2D eigenvalue weighted by atomic mass is 35.5. The fourth-order valence-electron chi connectivity index (χ4n) is 1.81. The Hall–Kier alpha value is -1.10. The molecule has 0 bridgehead atoms. The Labute approximate surface area is 123 Å². The maximum absolute atomic E-state index is 5.96. The van der Waals surface area contributed by atoms with Gasteiger partial charge < -0.3 is 10.6 Å². The summed E-state index contributed by atoms with van der Waals surface area (Å²) in [5.74, 6) is 0. The highest BCUT2D eigenvalue weighted by Gasteiger charge is 2.08. The van der Waals surface area contributed by atoms with Crippen LogP contribution in [0, 0.1) is 0 Å². The van der Waals surface area contributed by atoms with Gasteiger partial charge in [0.05, 0.1) is 28.5 Å². The standard InChI is InChI=1S/C14H18ClN3S/c1-3-12(16)13-6-4-10(8-17-13)18(2)9-11-5-7-14(15)19-11/h4-8,12H,3,9,16H2,1-2H3. The average molecular weight is 296 g/mol. The third kappa shape index (κ3) is 3.69. The lowest BCUT2D eigenvalue weighted by molar-refractivity contribution is 0.675. The average Bonchev–Trinajstić information content (AvgIpc) is 2.83. The van der Waals surface area contributed by atoms with E-state index in [4.69, 9.17) is 17.3 Å². The van der Waals surface area contributed by atoms with Crippen LogP contribution in [0.3, 0.4) is 0 Å². The Morgan fingerprint density at radius 2 is 2.16 bits per heavy atom. The van der Waals surface area contributed by atoms with Crippen LogP contribution in [0.1, 0.15) is 30.0 Å². The molecule has 0 fully saturated rings. The molecule has 0 aromatic carbocycles. The zero-order valence-corrected chi connectivity index (χ0v) is 12.7. The third-order valence-electron chi connectivity index (χ3n) is 3.05. The molecule has 102 valence electrons. The molecule has 0 aliphatic heterocycles. The molecule has 1 unspecified atom stereocenters. The van der Waals surface area contributed by atoms with Gasteiger partial charge in [0.25, 0.3) is 0 Å². The number of nitrogens with two attached hydrogens (primary N) is 1. The summed E-state index contributed by atoms with van der Waals surface area (Å²) in [7, 11) is 2.05. The van der Waals surface area contributed by atoms with Gasteiger partial charge in [-0.3, -0.25) is 4.98 Å². The van der Waals surface area contributed by atoms with Crippen LogP contribution < -0.4 is 10.6 Å². The fraction of sp³-hybridized carbons (Fsp3) is 0.357. The van der Waals surface area contributed by atoms with Crippen LogP contribution in [0.2, 0.25) is 4.34 Å². The number of hydrogen-bond acceptors (Lipinski definition) is 4. The van der Waals surface area contributed by atoms with E-state index in [-0.39, 0.29) is 6.04 Å². The minimum Gasteiger partial charge on any atom is -0.368 e. The molecule has 0 spiro atoms. The van der Waals surface area contributed by atoms with Crippen LogP contribution in [-0.2, 0) is 6.54 Å². The van der Waals surface area contributed by atoms with Crippen molar-refractivity contribution in [3.8, 4) is 0 Å². The van der Waals surface area contributed by atoms with Crippen LogP contribution in [-0.4, -0.2) is 12.0 Å². The summed E-state index contributed by atoms with van der Waals surface area (Å²) in [5.41, 5.74) is 7.98. The van der Waals surface area contributed by atoms with Crippen molar-refractivity contribution in [3.63, 3.8) is 0 Å². The summed E-state index contributed by atoms with van der Waals surface area (Å²) in [4.78, 5) is 7.82. The second kappa shape index (κ2) is 6.37. The first-order valence-corrected chi connectivity index (χ1v) is 7.46. The molecule has 0 saturated heterocycles. The zero-order chi connectivity index (χ0) is 13.8. The normalized spacial score (nSPS) is 12.4. The Balaban J connectivity index is 2.05. The van der Waals surface area contributed by atoms with Crippen molar-refractivity contribution in [2.45, 2.75) is 25.9 Å². The van der Waals surface area contributed by atoms with Crippen LogP contribution in [0.4, 0.5) is 5.69 Å². The monoisotopic (exact) mass is 295 g/mol. The van der Waals surface area contributed by atoms with Gasteiger partial charge in [-0.15, -0.1) is 11.3 Å². The van der Waals surface area contributed by atoms with Gasteiger partial charge in [-0.2, -0.15) is 0 Å². The van der Waals surface area contributed by atoms with Crippen molar-refractivity contribution in [1.82, 2.24) is 4.98 Å². The van der Waals surface area contributed by atoms with E-state index in [0.717, 1.165) is 28.7 Å². The molecule has 3 nitrogen and oxygen atoms in total. The van der Waals surface area contributed by atoms with E-state index in [1.165, 1.54) is 4.88 Å². The molecule has 2 rings (SSSR count). The highest BCUT2D eigenvalue weighted by Crippen LogP contribution is 2.24. The Morgan fingerprint density at radius 3 is 2.68 bits per heavy atom. The topological polar surface area (TPSA) is 42.1 Å². The lowest BCUT2D eigenvalue weighted by Gasteiger charge is -2.18. The zero-order valence-electron chi connectivity index (χ0n) is 11.1. The van der Waals surface area contributed by atoms with Gasteiger partial charge in [0, 0.05) is 18.0 Å². The smallest absolute Gasteiger partial charge is 0.0931 e. The van der Waals surface area contributed by atoms with Gasteiger partial charge in [0.15, 0.2) is 0 Å². The van der Waals surface area contributed by atoms with Crippen molar-refractivity contribution in [2.75, 3.05) is 11.9 Å². The summed E-state index contributed by atoms with van der Waals surface area (Å²) in [6.07, 6.45) is 2.77. The summed E-state index contributed by atoms with van der Waals surface area (Å²) in [6, 6.07) is 8.07. The number of anilines is 1. The third-order valence-corrected chi connectivity index (χ3v) is 4.27. The van der Waals surface area contributed by atoms with Crippen molar-refractivity contribution in [3.05, 3.63) is 45.4 Å². The Bertz CT molecular complexity index is 524. The number of hydrogen-bond donors (Lipinski definition) is 1. The first kappa shape index (κ1) is 14.3. The van der Waals surface area contributed by atoms with Crippen molar-refractivity contribution >= 4 is 28.6 Å². The SMILES string of the molecule is CCC(N)c1ccc(N(C)Cc2ccc(Cl)s2)cn1. The maximum Gasteiger partial charge on any atom is 0.0931 e. The molecule has 19 heavy (non-hydrogen) atoms. The van der Waals surface area contributed by atoms with Crippen molar-refractivity contribution < 1.29 is 0 Å². The molecule has 2 N–H and O–H groups in total. The van der Waals surface area contributed by atoms with E-state index in [1.807, 2.05) is 25.4 Å². The molecular weight excluding hydrogens is 278 g/mol. The lowest BCUT2D eigenvalue weighted by Crippen LogP contribution is -2.16. The van der Waals surface area contributed by atoms with E-state index in [2.05, 4.69) is 28.9 Å². The van der Waals surface area contributed by atoms with Crippen LogP contribution >= 0.6 is 22.9 Å². The fourth-order valence-corrected chi connectivity index (χ4v) is 2.95. The first-order chi connectivity index (χ1) is 9.10. The molecule has 0 radical (unpaired) electrons. The number of pyridine rings is 1. The molecule has 2 aromatic heterocycles. The van der Waals surface area contributed by atoms with E-state index < -0.39 is 0 Å². The summed E-state index contributed by atoms with van der Waals surface area (Å²) in [6.45, 7) is 2.89. The van der Waals surface area contributed by atoms with Crippen molar-refractivity contribution in [1.29, 1.82) is 0 Å². The highest BCUT2D eigenvalue weighted by molar-refractivity contribution is 7.16. The molecular formula is C14H18ClN3S. The number of halogens is 1. The maximum atomic E-state index is 5.96. The largest absolute Gasteiger partial charge is 0.368 e. The minimum atomic E-state index is 0.0236. The number of rotatable bonds is 5. The molecule has 0 aliphatic carbocycles. The number of nitrogens with zero attached hydrogens (tertiary/aromatic N) is 2. The predicted molar refractivity (Wildman–Crippen MR) is 82.9 cm³/mol.